The van der Waals surface area contributed by atoms with E-state index in [1.807, 2.05) is 31.2 Å². The van der Waals surface area contributed by atoms with E-state index < -0.39 is 5.97 Å². The molecule has 1 aromatic heterocycles. The van der Waals surface area contributed by atoms with Crippen LogP contribution in [0.4, 0.5) is 5.13 Å². The minimum atomic E-state index is -0.449. The molecule has 0 aliphatic heterocycles. The van der Waals surface area contributed by atoms with Crippen LogP contribution in [0, 0.1) is 6.92 Å². The second-order valence-corrected chi connectivity index (χ2v) is 5.36. The third-order valence-electron chi connectivity index (χ3n) is 2.72. The monoisotopic (exact) mass is 318 g/mol. The predicted octanol–water partition coefficient (Wildman–Crippen LogP) is 3.29. The smallest absolute Gasteiger partial charge is 0.358 e. The molecule has 0 atom stereocenters. The fraction of sp³-hybridized carbons (Fsp3) is 0.250. The van der Waals surface area contributed by atoms with E-state index >= 15 is 0 Å². The van der Waals surface area contributed by atoms with Gasteiger partial charge in [0.2, 0.25) is 0 Å². The van der Waals surface area contributed by atoms with Gasteiger partial charge in [-0.05, 0) is 19.1 Å². The Hall–Kier alpha value is -2.34. The minimum Gasteiger partial charge on any atom is -0.490 e. The average molecular weight is 318 g/mol. The summed E-state index contributed by atoms with van der Waals surface area (Å²) in [5.74, 6) is 0.307. The zero-order valence-electron chi connectivity index (χ0n) is 12.4. The topological polar surface area (TPSA) is 60.5 Å². The van der Waals surface area contributed by atoms with Gasteiger partial charge in [-0.15, -0.1) is 17.9 Å². The molecule has 0 bridgehead atoms. The molecule has 0 saturated heterocycles. The van der Waals surface area contributed by atoms with Crippen LogP contribution >= 0.6 is 11.3 Å². The molecule has 0 saturated carbocycles. The van der Waals surface area contributed by atoms with Gasteiger partial charge < -0.3 is 14.8 Å². The molecule has 116 valence electrons. The Balaban J connectivity index is 1.72. The summed E-state index contributed by atoms with van der Waals surface area (Å²) in [5.41, 5.74) is 1.47. The van der Waals surface area contributed by atoms with E-state index in [1.165, 1.54) is 16.9 Å². The Bertz CT molecular complexity index is 623. The summed E-state index contributed by atoms with van der Waals surface area (Å²) in [7, 11) is 0. The molecule has 0 radical (unpaired) electrons. The van der Waals surface area contributed by atoms with Gasteiger partial charge in [0.05, 0.1) is 0 Å². The summed E-state index contributed by atoms with van der Waals surface area (Å²) in [6.07, 6.45) is 1.72. The van der Waals surface area contributed by atoms with Crippen molar-refractivity contribution in [2.45, 2.75) is 6.92 Å². The van der Waals surface area contributed by atoms with E-state index in [0.29, 0.717) is 24.0 Å². The second kappa shape index (κ2) is 8.19. The van der Waals surface area contributed by atoms with Crippen molar-refractivity contribution in [1.82, 2.24) is 4.98 Å². The molecule has 1 aromatic carbocycles. The highest BCUT2D eigenvalue weighted by Gasteiger charge is 2.11. The minimum absolute atomic E-state index is 0.180. The van der Waals surface area contributed by atoms with Crippen molar-refractivity contribution in [1.29, 1.82) is 0 Å². The second-order valence-electron chi connectivity index (χ2n) is 4.50. The number of aromatic nitrogens is 1. The zero-order chi connectivity index (χ0) is 15.8. The van der Waals surface area contributed by atoms with E-state index in [2.05, 4.69) is 16.9 Å². The van der Waals surface area contributed by atoms with Crippen molar-refractivity contribution in [3.05, 3.63) is 53.6 Å². The van der Waals surface area contributed by atoms with Crippen LogP contribution in [0.25, 0.3) is 0 Å². The van der Waals surface area contributed by atoms with Crippen molar-refractivity contribution in [2.24, 2.45) is 0 Å². The number of hydrogen-bond acceptors (Lipinski definition) is 6. The molecule has 0 fully saturated rings. The van der Waals surface area contributed by atoms with E-state index in [4.69, 9.17) is 9.47 Å². The van der Waals surface area contributed by atoms with Gasteiger partial charge in [-0.3, -0.25) is 0 Å². The molecule has 6 heteroatoms. The molecule has 2 aromatic rings. The number of esters is 1. The first-order valence-electron chi connectivity index (χ1n) is 6.86. The highest BCUT2D eigenvalue weighted by Crippen LogP contribution is 2.16. The maximum atomic E-state index is 11.8. The Labute approximate surface area is 133 Å². The number of anilines is 1. The Morgan fingerprint density at radius 3 is 2.86 bits per heavy atom. The number of thiazole rings is 1. The molecule has 0 amide bonds. The van der Waals surface area contributed by atoms with Gasteiger partial charge in [-0.1, -0.05) is 23.8 Å². The maximum absolute atomic E-state index is 11.8. The van der Waals surface area contributed by atoms with Crippen LogP contribution in [0.2, 0.25) is 0 Å². The maximum Gasteiger partial charge on any atom is 0.358 e. The lowest BCUT2D eigenvalue weighted by Crippen LogP contribution is -2.12. The Kier molecular flexibility index (Phi) is 5.97. The molecule has 22 heavy (non-hydrogen) atoms. The van der Waals surface area contributed by atoms with Crippen LogP contribution in [0.1, 0.15) is 16.1 Å². The highest BCUT2D eigenvalue weighted by molar-refractivity contribution is 7.13. The normalized spacial score (nSPS) is 10.0. The van der Waals surface area contributed by atoms with Gasteiger partial charge in [-0.25, -0.2) is 9.78 Å². The summed E-state index contributed by atoms with van der Waals surface area (Å²) < 4.78 is 10.6. The van der Waals surface area contributed by atoms with Crippen molar-refractivity contribution in [2.75, 3.05) is 25.1 Å². The summed E-state index contributed by atoms with van der Waals surface area (Å²) in [4.78, 5) is 15.9. The molecule has 5 nitrogen and oxygen atoms in total. The average Bonchev–Trinajstić information content (AvgIpc) is 3.00. The van der Waals surface area contributed by atoms with Crippen LogP contribution in [0.5, 0.6) is 5.75 Å². The summed E-state index contributed by atoms with van der Waals surface area (Å²) >= 11 is 1.35. The molecule has 0 aliphatic rings. The van der Waals surface area contributed by atoms with E-state index in [0.717, 1.165) is 5.75 Å². The van der Waals surface area contributed by atoms with Gasteiger partial charge >= 0.3 is 5.97 Å². The molecule has 2 rings (SSSR count). The quantitative estimate of drug-likeness (QED) is 0.460. The van der Waals surface area contributed by atoms with Crippen molar-refractivity contribution in [3.63, 3.8) is 0 Å². The SMILES string of the molecule is C=CCNc1nc(C(=O)OCCOc2ccc(C)cc2)cs1. The summed E-state index contributed by atoms with van der Waals surface area (Å²) in [6.45, 7) is 6.71. The highest BCUT2D eigenvalue weighted by atomic mass is 32.1. The number of aryl methyl sites for hydroxylation is 1. The van der Waals surface area contributed by atoms with Crippen LogP contribution in [-0.2, 0) is 4.74 Å². The van der Waals surface area contributed by atoms with Crippen LogP contribution in [0.15, 0.2) is 42.3 Å². The molecular formula is C16H18N2O3S. The molecule has 0 spiro atoms. The van der Waals surface area contributed by atoms with Gasteiger partial charge in [0.1, 0.15) is 19.0 Å². The van der Waals surface area contributed by atoms with Gasteiger partial charge in [-0.2, -0.15) is 0 Å². The standard InChI is InChI=1S/C16H18N2O3S/c1-3-8-17-16-18-14(11-22-16)15(19)21-10-9-20-13-6-4-12(2)5-7-13/h3-7,11H,1,8-10H2,2H3,(H,17,18). The molecular weight excluding hydrogens is 300 g/mol. The molecule has 0 aliphatic carbocycles. The fourth-order valence-corrected chi connectivity index (χ4v) is 2.30. The fourth-order valence-electron chi connectivity index (χ4n) is 1.61. The van der Waals surface area contributed by atoms with Crippen molar-refractivity contribution in [3.8, 4) is 5.75 Å². The summed E-state index contributed by atoms with van der Waals surface area (Å²) in [5, 5.41) is 5.35. The van der Waals surface area contributed by atoms with Gasteiger partial charge in [0.15, 0.2) is 10.8 Å². The predicted molar refractivity (Wildman–Crippen MR) is 87.8 cm³/mol. The van der Waals surface area contributed by atoms with Crippen molar-refractivity contribution >= 4 is 22.4 Å². The zero-order valence-corrected chi connectivity index (χ0v) is 13.2. The Morgan fingerprint density at radius 1 is 1.36 bits per heavy atom. The number of hydrogen-bond donors (Lipinski definition) is 1. The number of ether oxygens (including phenoxy) is 2. The lowest BCUT2D eigenvalue weighted by Gasteiger charge is -2.06. The number of benzene rings is 1. The first kappa shape index (κ1) is 16.0. The number of carbonyl (C=O) groups excluding carboxylic acids is 1. The number of carbonyl (C=O) groups is 1. The largest absolute Gasteiger partial charge is 0.490 e. The van der Waals surface area contributed by atoms with Crippen LogP contribution < -0.4 is 10.1 Å². The van der Waals surface area contributed by atoms with Crippen LogP contribution in [-0.4, -0.2) is 30.7 Å². The number of rotatable bonds is 8. The lowest BCUT2D eigenvalue weighted by atomic mass is 10.2. The first-order chi connectivity index (χ1) is 10.7. The van der Waals surface area contributed by atoms with E-state index in [-0.39, 0.29) is 6.61 Å². The van der Waals surface area contributed by atoms with Gasteiger partial charge in [0.25, 0.3) is 0 Å². The number of nitrogens with one attached hydrogen (secondary N) is 1. The first-order valence-corrected chi connectivity index (χ1v) is 7.74. The van der Waals surface area contributed by atoms with Crippen LogP contribution in [0.3, 0.4) is 0 Å². The molecule has 0 unspecified atom stereocenters. The third-order valence-corrected chi connectivity index (χ3v) is 3.52. The van der Waals surface area contributed by atoms with E-state index in [1.54, 1.807) is 11.5 Å². The third kappa shape index (κ3) is 4.89. The van der Waals surface area contributed by atoms with E-state index in [9.17, 15) is 4.79 Å². The Morgan fingerprint density at radius 2 is 2.14 bits per heavy atom. The van der Waals surface area contributed by atoms with Crippen molar-refractivity contribution < 1.29 is 14.3 Å². The lowest BCUT2D eigenvalue weighted by molar-refractivity contribution is 0.0444. The van der Waals surface area contributed by atoms with Gasteiger partial charge in [0, 0.05) is 11.9 Å². The summed E-state index contributed by atoms with van der Waals surface area (Å²) in [6, 6.07) is 7.70. The molecule has 1 N–H and O–H groups in total. The number of nitrogens with zero attached hydrogens (tertiary/aromatic N) is 1. The molecule has 1 heterocycles.